The van der Waals surface area contributed by atoms with Crippen LogP contribution >= 0.6 is 23.1 Å². The molecular formula is C13H12N4OS2. The summed E-state index contributed by atoms with van der Waals surface area (Å²) in [6.45, 7) is 2.09. The van der Waals surface area contributed by atoms with E-state index >= 15 is 0 Å². The normalized spacial score (nSPS) is 11.1. The quantitative estimate of drug-likeness (QED) is 0.446. The molecule has 5 nitrogen and oxygen atoms in total. The number of rotatable bonds is 5. The van der Waals surface area contributed by atoms with E-state index in [0.29, 0.717) is 11.4 Å². The van der Waals surface area contributed by atoms with Crippen molar-refractivity contribution in [3.8, 4) is 0 Å². The zero-order valence-corrected chi connectivity index (χ0v) is 12.4. The van der Waals surface area contributed by atoms with Crippen molar-refractivity contribution in [2.75, 3.05) is 5.75 Å². The van der Waals surface area contributed by atoms with Gasteiger partial charge in [-0.05, 0) is 18.6 Å². The van der Waals surface area contributed by atoms with Crippen LogP contribution in [-0.4, -0.2) is 31.5 Å². The van der Waals surface area contributed by atoms with Crippen molar-refractivity contribution in [1.82, 2.24) is 19.9 Å². The van der Waals surface area contributed by atoms with E-state index in [1.807, 2.05) is 12.1 Å². The fourth-order valence-corrected chi connectivity index (χ4v) is 3.59. The van der Waals surface area contributed by atoms with Crippen molar-refractivity contribution in [2.45, 2.75) is 18.4 Å². The van der Waals surface area contributed by atoms with Gasteiger partial charge in [-0.15, -0.1) is 11.3 Å². The molecular weight excluding hydrogens is 292 g/mol. The molecule has 0 amide bonds. The molecule has 20 heavy (non-hydrogen) atoms. The lowest BCUT2D eigenvalue weighted by atomic mass is 10.3. The molecule has 3 aromatic heterocycles. The summed E-state index contributed by atoms with van der Waals surface area (Å²) < 4.78 is 0. The average Bonchev–Trinajstić information content (AvgIpc) is 3.13. The van der Waals surface area contributed by atoms with Gasteiger partial charge in [0.25, 0.3) is 0 Å². The molecule has 0 aliphatic rings. The molecule has 0 saturated carbocycles. The van der Waals surface area contributed by atoms with Crippen molar-refractivity contribution in [3.05, 3.63) is 34.5 Å². The van der Waals surface area contributed by atoms with Crippen LogP contribution in [0, 0.1) is 0 Å². The Morgan fingerprint density at radius 1 is 1.35 bits per heavy atom. The highest BCUT2D eigenvalue weighted by atomic mass is 32.2. The Bertz CT molecular complexity index is 750. The molecule has 3 heterocycles. The third-order valence-electron chi connectivity index (χ3n) is 2.81. The maximum atomic E-state index is 12.1. The SMILES string of the molecule is CCc1ccc(C(=O)CSc2ncnc3nc[nH]c23)s1. The second kappa shape index (κ2) is 5.72. The number of aromatic amines is 1. The number of carbonyl (C=O) groups excluding carboxylic acids is 1. The molecule has 0 bridgehead atoms. The summed E-state index contributed by atoms with van der Waals surface area (Å²) in [6.07, 6.45) is 4.01. The summed E-state index contributed by atoms with van der Waals surface area (Å²) in [6, 6.07) is 3.92. The Kier molecular flexibility index (Phi) is 3.79. The first kappa shape index (κ1) is 13.3. The third kappa shape index (κ3) is 2.59. The van der Waals surface area contributed by atoms with Gasteiger partial charge in [-0.25, -0.2) is 15.0 Å². The molecule has 7 heteroatoms. The van der Waals surface area contributed by atoms with Gasteiger partial charge >= 0.3 is 0 Å². The summed E-state index contributed by atoms with van der Waals surface area (Å²) in [5.74, 6) is 0.500. The maximum absolute atomic E-state index is 12.1. The van der Waals surface area contributed by atoms with E-state index in [9.17, 15) is 4.79 Å². The Hall–Kier alpha value is -1.73. The predicted molar refractivity (Wildman–Crippen MR) is 80.4 cm³/mol. The van der Waals surface area contributed by atoms with E-state index in [0.717, 1.165) is 21.8 Å². The number of hydrogen-bond acceptors (Lipinski definition) is 6. The number of thiophene rings is 1. The zero-order chi connectivity index (χ0) is 13.9. The fourth-order valence-electron chi connectivity index (χ4n) is 1.78. The van der Waals surface area contributed by atoms with Crippen LogP contribution in [0.15, 0.2) is 29.8 Å². The Labute approximate surface area is 123 Å². The van der Waals surface area contributed by atoms with E-state index in [1.165, 1.54) is 23.0 Å². The Morgan fingerprint density at radius 3 is 3.05 bits per heavy atom. The van der Waals surface area contributed by atoms with Crippen LogP contribution < -0.4 is 0 Å². The van der Waals surface area contributed by atoms with Crippen LogP contribution in [0.3, 0.4) is 0 Å². The maximum Gasteiger partial charge on any atom is 0.183 e. The van der Waals surface area contributed by atoms with Crippen LogP contribution in [0.4, 0.5) is 0 Å². The van der Waals surface area contributed by atoms with Crippen molar-refractivity contribution < 1.29 is 4.79 Å². The number of carbonyl (C=O) groups is 1. The number of nitrogens with zero attached hydrogens (tertiary/aromatic N) is 3. The Morgan fingerprint density at radius 2 is 2.25 bits per heavy atom. The number of hydrogen-bond donors (Lipinski definition) is 1. The van der Waals surface area contributed by atoms with Gasteiger partial charge in [-0.2, -0.15) is 0 Å². The molecule has 0 atom stereocenters. The summed E-state index contributed by atoms with van der Waals surface area (Å²) in [7, 11) is 0. The van der Waals surface area contributed by atoms with E-state index in [4.69, 9.17) is 0 Å². The average molecular weight is 304 g/mol. The molecule has 3 aromatic rings. The minimum Gasteiger partial charge on any atom is -0.341 e. The highest BCUT2D eigenvalue weighted by Crippen LogP contribution is 2.24. The first-order chi connectivity index (χ1) is 9.78. The molecule has 0 aromatic carbocycles. The largest absolute Gasteiger partial charge is 0.341 e. The molecule has 0 aliphatic heterocycles. The van der Waals surface area contributed by atoms with Crippen LogP contribution in [0.5, 0.6) is 0 Å². The van der Waals surface area contributed by atoms with Crippen LogP contribution in [0.1, 0.15) is 21.5 Å². The number of Topliss-reactive ketones (excluding diaryl/α,β-unsaturated/α-hetero) is 1. The van der Waals surface area contributed by atoms with Gasteiger partial charge in [-0.1, -0.05) is 18.7 Å². The molecule has 1 N–H and O–H groups in total. The highest BCUT2D eigenvalue weighted by Gasteiger charge is 2.12. The first-order valence-electron chi connectivity index (χ1n) is 6.16. The molecule has 0 aliphatic carbocycles. The first-order valence-corrected chi connectivity index (χ1v) is 7.97. The smallest absolute Gasteiger partial charge is 0.183 e. The second-order valence-corrected chi connectivity index (χ2v) is 6.24. The zero-order valence-electron chi connectivity index (χ0n) is 10.8. The van der Waals surface area contributed by atoms with Gasteiger partial charge in [0.2, 0.25) is 0 Å². The summed E-state index contributed by atoms with van der Waals surface area (Å²) in [5, 5.41) is 0.758. The number of aryl methyl sites for hydroxylation is 1. The molecule has 102 valence electrons. The molecule has 0 radical (unpaired) electrons. The lowest BCUT2D eigenvalue weighted by Crippen LogP contribution is -2.00. The number of H-pyrrole nitrogens is 1. The van der Waals surface area contributed by atoms with Gasteiger partial charge in [-0.3, -0.25) is 4.79 Å². The van der Waals surface area contributed by atoms with Gasteiger partial charge in [0.05, 0.1) is 17.0 Å². The summed E-state index contributed by atoms with van der Waals surface area (Å²) in [4.78, 5) is 29.5. The molecule has 3 rings (SSSR count). The summed E-state index contributed by atoms with van der Waals surface area (Å²) >= 11 is 2.97. The fraction of sp³-hybridized carbons (Fsp3) is 0.231. The van der Waals surface area contributed by atoms with E-state index in [1.54, 1.807) is 17.7 Å². The number of thioether (sulfide) groups is 1. The monoisotopic (exact) mass is 304 g/mol. The molecule has 0 unspecified atom stereocenters. The standard InChI is InChI=1S/C13H12N4OS2/c1-2-8-3-4-10(20-8)9(18)5-19-13-11-12(15-6-14-11)16-7-17-13/h3-4,6-7H,2,5H2,1H3,(H,14,15,16,17). The van der Waals surface area contributed by atoms with Gasteiger partial charge in [0.15, 0.2) is 11.4 Å². The third-order valence-corrected chi connectivity index (χ3v) is 5.07. The van der Waals surface area contributed by atoms with Crippen LogP contribution in [-0.2, 0) is 6.42 Å². The highest BCUT2D eigenvalue weighted by molar-refractivity contribution is 8.00. The molecule has 0 spiro atoms. The minimum absolute atomic E-state index is 0.131. The van der Waals surface area contributed by atoms with Gasteiger partial charge < -0.3 is 4.98 Å². The van der Waals surface area contributed by atoms with Gasteiger partial charge in [0.1, 0.15) is 16.9 Å². The minimum atomic E-state index is 0.131. The van der Waals surface area contributed by atoms with E-state index < -0.39 is 0 Å². The number of aromatic nitrogens is 4. The van der Waals surface area contributed by atoms with Crippen LogP contribution in [0.2, 0.25) is 0 Å². The van der Waals surface area contributed by atoms with Crippen molar-refractivity contribution in [3.63, 3.8) is 0 Å². The topological polar surface area (TPSA) is 71.5 Å². The van der Waals surface area contributed by atoms with Crippen molar-refractivity contribution >= 4 is 40.0 Å². The van der Waals surface area contributed by atoms with Crippen molar-refractivity contribution in [2.24, 2.45) is 0 Å². The predicted octanol–water partition coefficient (Wildman–Crippen LogP) is 2.95. The van der Waals surface area contributed by atoms with Gasteiger partial charge in [0, 0.05) is 4.88 Å². The van der Waals surface area contributed by atoms with Crippen molar-refractivity contribution in [1.29, 1.82) is 0 Å². The van der Waals surface area contributed by atoms with E-state index in [2.05, 4.69) is 26.9 Å². The lowest BCUT2D eigenvalue weighted by Gasteiger charge is -2.00. The number of ketones is 1. The van der Waals surface area contributed by atoms with E-state index in [-0.39, 0.29) is 5.78 Å². The molecule has 0 saturated heterocycles. The molecule has 0 fully saturated rings. The number of nitrogens with one attached hydrogen (secondary N) is 1. The lowest BCUT2D eigenvalue weighted by molar-refractivity contribution is 0.102. The second-order valence-electron chi connectivity index (χ2n) is 4.11. The number of imidazole rings is 1. The summed E-state index contributed by atoms with van der Waals surface area (Å²) in [5.41, 5.74) is 1.41. The number of fused-ring (bicyclic) bond motifs is 1. The van der Waals surface area contributed by atoms with Crippen LogP contribution in [0.25, 0.3) is 11.2 Å². The Balaban J connectivity index is 1.73.